The Kier molecular flexibility index (Phi) is 4.21. The smallest absolute Gasteiger partial charge is 0.247 e. The van der Waals surface area contributed by atoms with Crippen LogP contribution in [0.25, 0.3) is 0 Å². The molecule has 1 fully saturated rings. The summed E-state index contributed by atoms with van der Waals surface area (Å²) in [5.41, 5.74) is 2.59. The Balaban J connectivity index is 2.46. The Morgan fingerprint density at radius 1 is 1.60 bits per heavy atom. The van der Waals surface area contributed by atoms with Crippen molar-refractivity contribution in [2.75, 3.05) is 18.5 Å². The van der Waals surface area contributed by atoms with Gasteiger partial charge in [0.25, 0.3) is 0 Å². The number of amides is 1. The predicted octanol–water partition coefficient (Wildman–Crippen LogP) is -0.734. The molecular weight excluding hydrogens is 282 g/mol. The molecule has 1 aromatic heterocycles. The highest BCUT2D eigenvalue weighted by Crippen LogP contribution is 2.25. The lowest BCUT2D eigenvalue weighted by Gasteiger charge is -2.33. The minimum atomic E-state index is -3.83. The Bertz CT molecular complexity index is 604. The molecule has 1 aromatic rings. The summed E-state index contributed by atoms with van der Waals surface area (Å²) in [5.74, 6) is 5.05. The highest BCUT2D eigenvalue weighted by atomic mass is 32.2. The Morgan fingerprint density at radius 3 is 3.00 bits per heavy atom. The quantitative estimate of drug-likeness (QED) is 0.498. The van der Waals surface area contributed by atoms with E-state index in [1.165, 1.54) is 22.8 Å². The monoisotopic (exact) mass is 299 g/mol. The second kappa shape index (κ2) is 5.73. The lowest BCUT2D eigenvalue weighted by atomic mass is 10.2. The van der Waals surface area contributed by atoms with Gasteiger partial charge in [0.2, 0.25) is 15.9 Å². The van der Waals surface area contributed by atoms with Crippen LogP contribution < -0.4 is 16.6 Å². The van der Waals surface area contributed by atoms with E-state index in [0.29, 0.717) is 13.0 Å². The number of piperazine rings is 1. The molecule has 20 heavy (non-hydrogen) atoms. The molecule has 1 atom stereocenters. The van der Waals surface area contributed by atoms with E-state index in [1.54, 1.807) is 6.92 Å². The van der Waals surface area contributed by atoms with Crippen LogP contribution in [-0.2, 0) is 14.8 Å². The van der Waals surface area contributed by atoms with E-state index < -0.39 is 16.1 Å². The number of anilines is 1. The summed E-state index contributed by atoms with van der Waals surface area (Å²) >= 11 is 0. The maximum Gasteiger partial charge on any atom is 0.247 e. The first kappa shape index (κ1) is 14.7. The molecule has 4 N–H and O–H groups in total. The molecule has 0 bridgehead atoms. The second-order valence-electron chi connectivity index (χ2n) is 4.35. The van der Waals surface area contributed by atoms with Crippen LogP contribution in [0.15, 0.2) is 23.4 Å². The van der Waals surface area contributed by atoms with E-state index in [2.05, 4.69) is 15.7 Å². The van der Waals surface area contributed by atoms with Gasteiger partial charge >= 0.3 is 0 Å². The van der Waals surface area contributed by atoms with Gasteiger partial charge in [0, 0.05) is 25.5 Å². The molecule has 0 radical (unpaired) electrons. The molecule has 0 aromatic carbocycles. The van der Waals surface area contributed by atoms with Gasteiger partial charge in [-0.25, -0.2) is 8.42 Å². The molecule has 8 nitrogen and oxygen atoms in total. The Hall–Kier alpha value is -1.71. The lowest BCUT2D eigenvalue weighted by Crippen LogP contribution is -2.56. The molecule has 0 saturated carbocycles. The number of nitrogens with zero attached hydrogens (tertiary/aromatic N) is 2. The zero-order chi connectivity index (χ0) is 14.8. The van der Waals surface area contributed by atoms with Crippen LogP contribution in [0.1, 0.15) is 13.3 Å². The van der Waals surface area contributed by atoms with Gasteiger partial charge in [-0.1, -0.05) is 6.92 Å². The van der Waals surface area contributed by atoms with E-state index >= 15 is 0 Å². The third kappa shape index (κ3) is 2.47. The molecule has 1 unspecified atom stereocenters. The van der Waals surface area contributed by atoms with Crippen LogP contribution in [-0.4, -0.2) is 42.7 Å². The standard InChI is InChI=1S/C11H17N5O3S/c1-2-9-11(17)14-5-6-16(9)20(18,19)10-7-13-4-3-8(10)15-12/h3-4,7,9H,2,5-6,12H2,1H3,(H,13,15)(H,14,17). The van der Waals surface area contributed by atoms with Crippen molar-refractivity contribution in [2.24, 2.45) is 5.84 Å². The third-order valence-electron chi connectivity index (χ3n) is 3.20. The van der Waals surface area contributed by atoms with Gasteiger partial charge in [-0.2, -0.15) is 4.31 Å². The Labute approximate surface area is 117 Å². The first-order valence-corrected chi connectivity index (χ1v) is 7.66. The van der Waals surface area contributed by atoms with Crippen LogP contribution >= 0.6 is 0 Å². The number of carbonyl (C=O) groups is 1. The van der Waals surface area contributed by atoms with Crippen molar-refractivity contribution in [3.05, 3.63) is 18.5 Å². The number of nitrogens with two attached hydrogens (primary N) is 1. The number of hydrogen-bond donors (Lipinski definition) is 3. The second-order valence-corrected chi connectivity index (χ2v) is 6.21. The molecule has 2 rings (SSSR count). The molecule has 1 aliphatic heterocycles. The maximum absolute atomic E-state index is 12.7. The van der Waals surface area contributed by atoms with Gasteiger partial charge in [0.15, 0.2) is 0 Å². The fourth-order valence-corrected chi connectivity index (χ4v) is 3.96. The summed E-state index contributed by atoms with van der Waals surface area (Å²) in [7, 11) is -3.83. The topological polar surface area (TPSA) is 117 Å². The van der Waals surface area contributed by atoms with E-state index in [9.17, 15) is 13.2 Å². The number of nitrogens with one attached hydrogen (secondary N) is 2. The van der Waals surface area contributed by atoms with Gasteiger partial charge in [-0.3, -0.25) is 15.6 Å². The van der Waals surface area contributed by atoms with E-state index in [1.807, 2.05) is 0 Å². The maximum atomic E-state index is 12.7. The van der Waals surface area contributed by atoms with Gasteiger partial charge in [-0.15, -0.1) is 0 Å². The number of rotatable bonds is 4. The minimum absolute atomic E-state index is 0.0318. The molecule has 0 aliphatic carbocycles. The van der Waals surface area contributed by atoms with Gasteiger partial charge in [0.05, 0.1) is 5.69 Å². The average molecular weight is 299 g/mol. The van der Waals surface area contributed by atoms with Gasteiger partial charge in [0.1, 0.15) is 10.9 Å². The van der Waals surface area contributed by atoms with Crippen LogP contribution in [0.4, 0.5) is 5.69 Å². The number of aromatic nitrogens is 1. The van der Waals surface area contributed by atoms with Crippen molar-refractivity contribution in [3.8, 4) is 0 Å². The summed E-state index contributed by atoms with van der Waals surface area (Å²) < 4.78 is 26.6. The number of hydrazine groups is 1. The van der Waals surface area contributed by atoms with Crippen molar-refractivity contribution in [3.63, 3.8) is 0 Å². The number of hydrogen-bond acceptors (Lipinski definition) is 6. The minimum Gasteiger partial charge on any atom is -0.353 e. The highest BCUT2D eigenvalue weighted by Gasteiger charge is 2.38. The number of pyridine rings is 1. The van der Waals surface area contributed by atoms with Crippen LogP contribution in [0.2, 0.25) is 0 Å². The van der Waals surface area contributed by atoms with Crippen molar-refractivity contribution in [1.29, 1.82) is 0 Å². The highest BCUT2D eigenvalue weighted by molar-refractivity contribution is 7.89. The summed E-state index contributed by atoms with van der Waals surface area (Å²) in [5, 5.41) is 2.66. The first-order valence-electron chi connectivity index (χ1n) is 6.22. The van der Waals surface area contributed by atoms with Crippen LogP contribution in [0.5, 0.6) is 0 Å². The molecule has 1 saturated heterocycles. The third-order valence-corrected chi connectivity index (χ3v) is 5.13. The van der Waals surface area contributed by atoms with Crippen LogP contribution in [0, 0.1) is 0 Å². The normalized spacial score (nSPS) is 20.5. The molecular formula is C11H17N5O3S. The van der Waals surface area contributed by atoms with Crippen molar-refractivity contribution in [1.82, 2.24) is 14.6 Å². The number of sulfonamides is 1. The summed E-state index contributed by atoms with van der Waals surface area (Å²) in [6, 6.07) is 0.761. The van der Waals surface area contributed by atoms with Gasteiger partial charge in [-0.05, 0) is 12.5 Å². The van der Waals surface area contributed by atoms with E-state index in [0.717, 1.165) is 0 Å². The fourth-order valence-electron chi connectivity index (χ4n) is 2.20. The SMILES string of the molecule is CCC1C(=O)NCCN1S(=O)(=O)c1cnccc1NN. The molecule has 1 amide bonds. The summed E-state index contributed by atoms with van der Waals surface area (Å²) in [4.78, 5) is 15.6. The van der Waals surface area contributed by atoms with Crippen molar-refractivity contribution in [2.45, 2.75) is 24.3 Å². The van der Waals surface area contributed by atoms with E-state index in [-0.39, 0.29) is 23.0 Å². The molecule has 2 heterocycles. The fraction of sp³-hybridized carbons (Fsp3) is 0.455. The lowest BCUT2D eigenvalue weighted by molar-refractivity contribution is -0.126. The number of carbonyl (C=O) groups excluding carboxylic acids is 1. The zero-order valence-electron chi connectivity index (χ0n) is 11.0. The van der Waals surface area contributed by atoms with E-state index in [4.69, 9.17) is 5.84 Å². The average Bonchev–Trinajstić information content (AvgIpc) is 2.46. The van der Waals surface area contributed by atoms with Gasteiger partial charge < -0.3 is 10.7 Å². The van der Waals surface area contributed by atoms with Crippen molar-refractivity contribution < 1.29 is 13.2 Å². The zero-order valence-corrected chi connectivity index (χ0v) is 11.9. The summed E-state index contributed by atoms with van der Waals surface area (Å²) in [6.07, 6.45) is 3.06. The molecule has 1 aliphatic rings. The first-order chi connectivity index (χ1) is 9.52. The molecule has 110 valence electrons. The predicted molar refractivity (Wildman–Crippen MR) is 73.0 cm³/mol. The summed E-state index contributed by atoms with van der Waals surface area (Å²) in [6.45, 7) is 2.29. The molecule has 0 spiro atoms. The number of nitrogen functional groups attached to an aromatic ring is 1. The molecule has 9 heteroatoms. The van der Waals surface area contributed by atoms with Crippen molar-refractivity contribution >= 4 is 21.6 Å². The largest absolute Gasteiger partial charge is 0.353 e. The Morgan fingerprint density at radius 2 is 2.35 bits per heavy atom. The van der Waals surface area contributed by atoms with Crippen LogP contribution in [0.3, 0.4) is 0 Å².